The van der Waals surface area contributed by atoms with E-state index in [-0.39, 0.29) is 17.7 Å². The first-order chi connectivity index (χ1) is 8.51. The van der Waals surface area contributed by atoms with E-state index in [9.17, 15) is 14.0 Å². The number of hydrogen-bond donors (Lipinski definition) is 2. The summed E-state index contributed by atoms with van der Waals surface area (Å²) in [4.78, 5) is 22.2. The Morgan fingerprint density at radius 2 is 1.94 bits per heavy atom. The molecular formula is C12H14ClFN2O2. The normalized spacial score (nSPS) is 11.7. The van der Waals surface area contributed by atoms with Crippen LogP contribution < -0.4 is 10.6 Å². The summed E-state index contributed by atoms with van der Waals surface area (Å²) in [5.74, 6) is -1.12. The summed E-state index contributed by atoms with van der Waals surface area (Å²) in [7, 11) is 0. The second-order valence-corrected chi connectivity index (χ2v) is 4.15. The summed E-state index contributed by atoms with van der Waals surface area (Å²) < 4.78 is 12.7. The molecule has 0 aliphatic heterocycles. The quantitative estimate of drug-likeness (QED) is 0.822. The van der Waals surface area contributed by atoms with Gasteiger partial charge < -0.3 is 5.32 Å². The van der Waals surface area contributed by atoms with Gasteiger partial charge in [-0.05, 0) is 31.0 Å². The van der Waals surface area contributed by atoms with Crippen molar-refractivity contribution in [2.45, 2.75) is 19.4 Å². The SMILES string of the molecule is CC(Cc1ccc(F)cc1)NC(=O)NC(=O)CCl. The van der Waals surface area contributed by atoms with Crippen LogP contribution in [0.3, 0.4) is 0 Å². The van der Waals surface area contributed by atoms with E-state index < -0.39 is 11.9 Å². The van der Waals surface area contributed by atoms with E-state index in [0.29, 0.717) is 6.42 Å². The summed E-state index contributed by atoms with van der Waals surface area (Å²) in [5.41, 5.74) is 0.896. The number of imide groups is 1. The molecule has 6 heteroatoms. The number of nitrogens with one attached hydrogen (secondary N) is 2. The van der Waals surface area contributed by atoms with Crippen LogP contribution in [0.2, 0.25) is 0 Å². The Morgan fingerprint density at radius 3 is 2.50 bits per heavy atom. The molecule has 0 fully saturated rings. The molecule has 0 aliphatic carbocycles. The predicted molar refractivity (Wildman–Crippen MR) is 67.0 cm³/mol. The maximum Gasteiger partial charge on any atom is 0.321 e. The highest BCUT2D eigenvalue weighted by Crippen LogP contribution is 2.05. The van der Waals surface area contributed by atoms with Crippen molar-refractivity contribution in [2.24, 2.45) is 0 Å². The van der Waals surface area contributed by atoms with Gasteiger partial charge in [-0.3, -0.25) is 10.1 Å². The third kappa shape index (κ3) is 5.14. The van der Waals surface area contributed by atoms with Gasteiger partial charge >= 0.3 is 6.03 Å². The lowest BCUT2D eigenvalue weighted by Crippen LogP contribution is -2.44. The van der Waals surface area contributed by atoms with Gasteiger partial charge in [0, 0.05) is 6.04 Å². The maximum absolute atomic E-state index is 12.7. The van der Waals surface area contributed by atoms with Gasteiger partial charge in [-0.15, -0.1) is 11.6 Å². The second-order valence-electron chi connectivity index (χ2n) is 3.89. The van der Waals surface area contributed by atoms with E-state index in [1.54, 1.807) is 19.1 Å². The molecule has 3 amide bonds. The van der Waals surface area contributed by atoms with Crippen molar-refractivity contribution in [3.8, 4) is 0 Å². The minimum atomic E-state index is -0.588. The molecule has 18 heavy (non-hydrogen) atoms. The fourth-order valence-electron chi connectivity index (χ4n) is 1.44. The number of alkyl halides is 1. The number of halogens is 2. The van der Waals surface area contributed by atoms with E-state index in [1.807, 2.05) is 0 Å². The average Bonchev–Trinajstić information content (AvgIpc) is 2.31. The average molecular weight is 273 g/mol. The third-order valence-corrected chi connectivity index (χ3v) is 2.45. The van der Waals surface area contributed by atoms with E-state index in [4.69, 9.17) is 11.6 Å². The number of benzene rings is 1. The summed E-state index contributed by atoms with van der Waals surface area (Å²) >= 11 is 5.25. The molecule has 0 saturated heterocycles. The Kier molecular flexibility index (Phi) is 5.58. The maximum atomic E-state index is 12.7. The number of rotatable bonds is 4. The minimum absolute atomic E-state index is 0.182. The summed E-state index contributed by atoms with van der Waals surface area (Å²) in [5, 5.41) is 4.66. The number of urea groups is 1. The fraction of sp³-hybridized carbons (Fsp3) is 0.333. The zero-order chi connectivity index (χ0) is 13.5. The molecular weight excluding hydrogens is 259 g/mol. The Morgan fingerprint density at radius 1 is 1.33 bits per heavy atom. The first-order valence-electron chi connectivity index (χ1n) is 5.42. The van der Waals surface area contributed by atoms with E-state index >= 15 is 0 Å². The van der Waals surface area contributed by atoms with Crippen molar-refractivity contribution < 1.29 is 14.0 Å². The van der Waals surface area contributed by atoms with E-state index in [0.717, 1.165) is 5.56 Å². The molecule has 1 rings (SSSR count). The van der Waals surface area contributed by atoms with Crippen LogP contribution in [0.4, 0.5) is 9.18 Å². The lowest BCUT2D eigenvalue weighted by molar-refractivity contribution is -0.117. The van der Waals surface area contributed by atoms with Crippen molar-refractivity contribution >= 4 is 23.5 Å². The molecule has 2 N–H and O–H groups in total. The molecule has 0 spiro atoms. The third-order valence-electron chi connectivity index (χ3n) is 2.21. The van der Waals surface area contributed by atoms with Gasteiger partial charge in [0.1, 0.15) is 11.7 Å². The van der Waals surface area contributed by atoms with Gasteiger partial charge in [-0.25, -0.2) is 9.18 Å². The zero-order valence-electron chi connectivity index (χ0n) is 9.87. The van der Waals surface area contributed by atoms with Crippen molar-refractivity contribution in [3.63, 3.8) is 0 Å². The standard InChI is InChI=1S/C12H14ClFN2O2/c1-8(15-12(18)16-11(17)7-13)6-9-2-4-10(14)5-3-9/h2-5,8H,6-7H2,1H3,(H2,15,16,17,18). The molecule has 1 aromatic rings. The van der Waals surface area contributed by atoms with E-state index in [2.05, 4.69) is 10.6 Å². The second kappa shape index (κ2) is 6.96. The van der Waals surface area contributed by atoms with Crippen LogP contribution in [-0.4, -0.2) is 23.9 Å². The predicted octanol–water partition coefficient (Wildman–Crippen LogP) is 1.82. The first kappa shape index (κ1) is 14.4. The Hall–Kier alpha value is -1.62. The first-order valence-corrected chi connectivity index (χ1v) is 5.95. The van der Waals surface area contributed by atoms with Crippen LogP contribution in [0.1, 0.15) is 12.5 Å². The van der Waals surface area contributed by atoms with Gasteiger partial charge in [0.15, 0.2) is 0 Å². The zero-order valence-corrected chi connectivity index (χ0v) is 10.6. The van der Waals surface area contributed by atoms with Crippen LogP contribution in [0.25, 0.3) is 0 Å². The van der Waals surface area contributed by atoms with Gasteiger partial charge in [0.05, 0.1) is 0 Å². The Bertz CT molecular complexity index is 423. The summed E-state index contributed by atoms with van der Waals surface area (Å²) in [6, 6.07) is 5.25. The van der Waals surface area contributed by atoms with Crippen molar-refractivity contribution in [1.29, 1.82) is 0 Å². The fourth-order valence-corrected chi connectivity index (χ4v) is 1.51. The highest BCUT2D eigenvalue weighted by molar-refractivity contribution is 6.28. The molecule has 98 valence electrons. The molecule has 0 bridgehead atoms. The molecule has 1 aromatic carbocycles. The van der Waals surface area contributed by atoms with Gasteiger partial charge in [0.25, 0.3) is 0 Å². The van der Waals surface area contributed by atoms with Crippen LogP contribution in [0.15, 0.2) is 24.3 Å². The number of hydrogen-bond acceptors (Lipinski definition) is 2. The summed E-state index contributed by atoms with van der Waals surface area (Å²) in [6.45, 7) is 1.79. The molecule has 4 nitrogen and oxygen atoms in total. The highest BCUT2D eigenvalue weighted by Gasteiger charge is 2.10. The molecule has 1 atom stereocenters. The number of carbonyl (C=O) groups excluding carboxylic acids is 2. The van der Waals surface area contributed by atoms with Crippen LogP contribution in [-0.2, 0) is 11.2 Å². The topological polar surface area (TPSA) is 58.2 Å². The lowest BCUT2D eigenvalue weighted by atomic mass is 10.1. The summed E-state index contributed by atoms with van der Waals surface area (Å²) in [6.07, 6.45) is 0.544. The van der Waals surface area contributed by atoms with Gasteiger partial charge in [-0.2, -0.15) is 0 Å². The van der Waals surface area contributed by atoms with Crippen LogP contribution >= 0.6 is 11.6 Å². The molecule has 0 radical (unpaired) electrons. The van der Waals surface area contributed by atoms with Gasteiger partial charge in [0.2, 0.25) is 5.91 Å². The Balaban J connectivity index is 2.41. The lowest BCUT2D eigenvalue weighted by Gasteiger charge is -2.13. The molecule has 0 saturated carbocycles. The van der Waals surface area contributed by atoms with Crippen LogP contribution in [0.5, 0.6) is 0 Å². The van der Waals surface area contributed by atoms with Crippen molar-refractivity contribution in [3.05, 3.63) is 35.6 Å². The number of amides is 3. The minimum Gasteiger partial charge on any atom is -0.335 e. The Labute approximate surface area is 110 Å². The molecule has 1 unspecified atom stereocenters. The van der Waals surface area contributed by atoms with Crippen molar-refractivity contribution in [1.82, 2.24) is 10.6 Å². The molecule has 0 heterocycles. The van der Waals surface area contributed by atoms with Crippen LogP contribution in [0, 0.1) is 5.82 Å². The number of carbonyl (C=O) groups is 2. The van der Waals surface area contributed by atoms with Crippen molar-refractivity contribution in [2.75, 3.05) is 5.88 Å². The van der Waals surface area contributed by atoms with E-state index in [1.165, 1.54) is 12.1 Å². The molecule has 0 aliphatic rings. The highest BCUT2D eigenvalue weighted by atomic mass is 35.5. The molecule has 0 aromatic heterocycles. The monoisotopic (exact) mass is 272 g/mol. The van der Waals surface area contributed by atoms with Gasteiger partial charge in [-0.1, -0.05) is 12.1 Å². The largest absolute Gasteiger partial charge is 0.335 e. The smallest absolute Gasteiger partial charge is 0.321 e.